The van der Waals surface area contributed by atoms with Crippen LogP contribution in [0.4, 0.5) is 0 Å². The Labute approximate surface area is 509 Å². The lowest BCUT2D eigenvalue weighted by Crippen LogP contribution is -2.04. The molecule has 2 aromatic heterocycles. The lowest BCUT2D eigenvalue weighted by molar-refractivity contribution is 0.276. The van der Waals surface area contributed by atoms with Gasteiger partial charge in [0.1, 0.15) is 47.7 Å². The minimum Gasteiger partial charge on any atom is -0.493 e. The summed E-state index contributed by atoms with van der Waals surface area (Å²) in [6, 6.07) is 39.4. The molecular formula is C76H108N2O6. The molecule has 458 valence electrons. The van der Waals surface area contributed by atoms with Crippen molar-refractivity contribution >= 4 is 0 Å². The number of aromatic nitrogens is 2. The van der Waals surface area contributed by atoms with Crippen molar-refractivity contribution in [2.45, 2.75) is 246 Å². The number of hydrogen-bond acceptors (Lipinski definition) is 8. The van der Waals surface area contributed by atoms with Crippen molar-refractivity contribution in [3.05, 3.63) is 133 Å². The molecule has 0 saturated carbocycles. The quantitative estimate of drug-likeness (QED) is 0.0350. The van der Waals surface area contributed by atoms with Crippen LogP contribution in [0.15, 0.2) is 121 Å². The van der Waals surface area contributed by atoms with Gasteiger partial charge in [0.25, 0.3) is 0 Å². The fourth-order valence-electron chi connectivity index (χ4n) is 10.8. The van der Waals surface area contributed by atoms with Gasteiger partial charge < -0.3 is 28.4 Å². The third-order valence-electron chi connectivity index (χ3n) is 15.8. The van der Waals surface area contributed by atoms with Crippen molar-refractivity contribution < 1.29 is 28.4 Å². The van der Waals surface area contributed by atoms with Crippen molar-refractivity contribution in [3.8, 4) is 68.3 Å². The van der Waals surface area contributed by atoms with Crippen LogP contribution < -0.4 is 28.4 Å². The van der Waals surface area contributed by atoms with Crippen LogP contribution in [0.25, 0.3) is 33.8 Å². The summed E-state index contributed by atoms with van der Waals surface area (Å²) in [7, 11) is 0. The Morgan fingerprint density at radius 1 is 0.262 bits per heavy atom. The number of ether oxygens (including phenoxy) is 6. The molecule has 0 radical (unpaired) electrons. The topological polar surface area (TPSA) is 81.2 Å². The summed E-state index contributed by atoms with van der Waals surface area (Å²) >= 11 is 0. The summed E-state index contributed by atoms with van der Waals surface area (Å²) in [6.07, 6.45) is 42.0. The predicted molar refractivity (Wildman–Crippen MR) is 352 cm³/mol. The van der Waals surface area contributed by atoms with Gasteiger partial charge in [0, 0.05) is 30.0 Å². The van der Waals surface area contributed by atoms with Crippen molar-refractivity contribution in [1.29, 1.82) is 0 Å². The molecule has 0 unspecified atom stereocenters. The van der Waals surface area contributed by atoms with E-state index in [0.717, 1.165) is 93.6 Å². The summed E-state index contributed by atoms with van der Waals surface area (Å²) in [4.78, 5) is 9.88. The highest BCUT2D eigenvalue weighted by atomic mass is 16.5. The van der Waals surface area contributed by atoms with Crippen LogP contribution in [-0.4, -0.2) is 36.4 Å². The number of rotatable bonds is 49. The van der Waals surface area contributed by atoms with E-state index in [-0.39, 0.29) is 0 Å². The fourth-order valence-corrected chi connectivity index (χ4v) is 10.8. The highest BCUT2D eigenvalue weighted by Gasteiger charge is 2.15. The van der Waals surface area contributed by atoms with Crippen LogP contribution in [0.5, 0.6) is 34.5 Å². The van der Waals surface area contributed by atoms with Crippen molar-refractivity contribution in [2.75, 3.05) is 26.4 Å². The third-order valence-corrected chi connectivity index (χ3v) is 15.8. The molecule has 0 aliphatic carbocycles. The van der Waals surface area contributed by atoms with Crippen LogP contribution in [0.2, 0.25) is 0 Å². The Morgan fingerprint density at radius 3 is 0.940 bits per heavy atom. The van der Waals surface area contributed by atoms with Gasteiger partial charge in [0.2, 0.25) is 0 Å². The zero-order valence-electron chi connectivity index (χ0n) is 52.8. The summed E-state index contributed by atoms with van der Waals surface area (Å²) < 4.78 is 39.6. The lowest BCUT2D eigenvalue weighted by atomic mass is 10.0. The van der Waals surface area contributed by atoms with Gasteiger partial charge in [-0.05, 0) is 109 Å². The van der Waals surface area contributed by atoms with E-state index in [4.69, 9.17) is 38.4 Å². The minimum atomic E-state index is 0.314. The zero-order valence-corrected chi connectivity index (χ0v) is 52.8. The van der Waals surface area contributed by atoms with Crippen LogP contribution >= 0.6 is 0 Å². The van der Waals surface area contributed by atoms with Crippen molar-refractivity contribution in [3.63, 3.8) is 0 Å². The third kappa shape index (κ3) is 27.8. The maximum atomic E-state index is 6.85. The van der Waals surface area contributed by atoms with Crippen LogP contribution in [0.3, 0.4) is 0 Å². The Morgan fingerprint density at radius 2 is 0.583 bits per heavy atom. The van der Waals surface area contributed by atoms with Gasteiger partial charge in [-0.2, -0.15) is 0 Å². The van der Waals surface area contributed by atoms with Gasteiger partial charge in [0.15, 0.2) is 0 Å². The van der Waals surface area contributed by atoms with Crippen molar-refractivity contribution in [2.24, 2.45) is 0 Å². The van der Waals surface area contributed by atoms with E-state index in [9.17, 15) is 0 Å². The van der Waals surface area contributed by atoms with Crippen molar-refractivity contribution in [1.82, 2.24) is 9.97 Å². The van der Waals surface area contributed by atoms with Gasteiger partial charge in [-0.1, -0.05) is 244 Å². The maximum Gasteiger partial charge on any atom is 0.124 e. The molecule has 0 aliphatic heterocycles. The number of hydrogen-bond donors (Lipinski definition) is 0. The average molecular weight is 1150 g/mol. The molecule has 2 heterocycles. The normalized spacial score (nSPS) is 11.2. The highest BCUT2D eigenvalue weighted by molar-refractivity contribution is 5.77. The van der Waals surface area contributed by atoms with E-state index in [0.29, 0.717) is 51.1 Å². The van der Waals surface area contributed by atoms with E-state index >= 15 is 0 Å². The molecule has 8 nitrogen and oxygen atoms in total. The highest BCUT2D eigenvalue weighted by Crippen LogP contribution is 2.36. The number of unbranched alkanes of at least 4 members (excludes halogenated alkanes) is 28. The molecule has 6 aromatic rings. The number of benzene rings is 4. The van der Waals surface area contributed by atoms with Gasteiger partial charge in [-0.25, -0.2) is 4.98 Å². The first kappa shape index (κ1) is 67.1. The van der Waals surface area contributed by atoms with Gasteiger partial charge in [-0.3, -0.25) is 4.98 Å². The van der Waals surface area contributed by atoms with Crippen LogP contribution in [0, 0.1) is 0 Å². The molecule has 0 amide bonds. The molecule has 0 saturated heterocycles. The molecule has 0 aliphatic rings. The first-order valence-corrected chi connectivity index (χ1v) is 33.7. The SMILES string of the molecule is CCCCCCCCCCOc1cc(COc2cc(OCc3cc(OCCCCCCCCCC)cc(OCCCCCCCCCC)c3)cc(-c3cc(-c4ccccc4)nc(-c4ccccn4)c3)c2)cc(OCCCCCCCCCC)c1. The van der Waals surface area contributed by atoms with Crippen LogP contribution in [-0.2, 0) is 13.2 Å². The molecule has 8 heteroatoms. The Balaban J connectivity index is 1.24. The second-order valence-corrected chi connectivity index (χ2v) is 23.4. The summed E-state index contributed by atoms with van der Waals surface area (Å²) in [5.41, 5.74) is 7.34. The number of nitrogens with zero attached hydrogens (tertiary/aromatic N) is 2. The van der Waals surface area contributed by atoms with Gasteiger partial charge in [-0.15, -0.1) is 0 Å². The molecule has 0 spiro atoms. The monoisotopic (exact) mass is 1140 g/mol. The van der Waals surface area contributed by atoms with E-state index in [1.54, 1.807) is 0 Å². The molecule has 84 heavy (non-hydrogen) atoms. The van der Waals surface area contributed by atoms with E-state index in [2.05, 4.69) is 113 Å². The molecular weight excluding hydrogens is 1040 g/mol. The Hall–Kier alpha value is -6.02. The second kappa shape index (κ2) is 42.7. The minimum absolute atomic E-state index is 0.314. The molecule has 0 bridgehead atoms. The molecule has 0 atom stereocenters. The van der Waals surface area contributed by atoms with E-state index in [1.807, 2.05) is 36.5 Å². The largest absolute Gasteiger partial charge is 0.493 e. The summed E-state index contributed by atoms with van der Waals surface area (Å²) in [5, 5.41) is 0. The fraction of sp³-hybridized carbons (Fsp3) is 0.553. The second-order valence-electron chi connectivity index (χ2n) is 23.4. The molecule has 6 rings (SSSR count). The van der Waals surface area contributed by atoms with E-state index < -0.39 is 0 Å². The molecule has 0 N–H and O–H groups in total. The van der Waals surface area contributed by atoms with Gasteiger partial charge in [0.05, 0.1) is 43.5 Å². The van der Waals surface area contributed by atoms with Gasteiger partial charge >= 0.3 is 0 Å². The summed E-state index contributed by atoms with van der Waals surface area (Å²) in [6.45, 7) is 12.5. The molecule has 0 fully saturated rings. The van der Waals surface area contributed by atoms with Crippen LogP contribution in [0.1, 0.15) is 244 Å². The zero-order chi connectivity index (χ0) is 58.8. The standard InChI is InChI=1S/C76H108N2O6/c1-5-9-13-17-21-25-29-38-46-79-68-50-63(51-69(58-68)80-47-39-30-26-22-18-14-10-6-2)61-83-72-54-66(67-56-75(65-42-34-33-35-43-65)78-76(57-67)74-44-36-37-45-77-74)55-73(60-72)84-62-64-52-70(81-48-40-31-27-23-19-15-11-7-3)59-71(53-64)82-49-41-32-28-24-20-16-12-8-4/h33-37,42-45,50-60H,5-32,38-41,46-49,61-62H2,1-4H3. The Bertz CT molecular complexity index is 2370. The maximum absolute atomic E-state index is 6.85. The Kier molecular flexibility index (Phi) is 34.1. The average Bonchev–Trinajstić information content (AvgIpc) is 2.94. The first-order chi connectivity index (χ1) is 41.5. The lowest BCUT2D eigenvalue weighted by Gasteiger charge is -2.16. The first-order valence-electron chi connectivity index (χ1n) is 33.7. The smallest absolute Gasteiger partial charge is 0.124 e. The number of pyridine rings is 2. The molecule has 4 aromatic carbocycles. The van der Waals surface area contributed by atoms with E-state index in [1.165, 1.54) is 180 Å². The summed E-state index contributed by atoms with van der Waals surface area (Å²) in [5.74, 6) is 4.65. The predicted octanol–water partition coefficient (Wildman–Crippen LogP) is 22.7.